The zero-order chi connectivity index (χ0) is 13.0. The summed E-state index contributed by atoms with van der Waals surface area (Å²) in [5, 5.41) is 3.53. The van der Waals surface area contributed by atoms with E-state index < -0.39 is 0 Å². The van der Waals surface area contributed by atoms with E-state index in [4.69, 9.17) is 4.42 Å². The van der Waals surface area contributed by atoms with Gasteiger partial charge in [-0.2, -0.15) is 0 Å². The van der Waals surface area contributed by atoms with Gasteiger partial charge in [0.2, 0.25) is 0 Å². The summed E-state index contributed by atoms with van der Waals surface area (Å²) in [4.78, 5) is 2.31. The highest BCUT2D eigenvalue weighted by atomic mass is 16.3. The fourth-order valence-corrected chi connectivity index (χ4v) is 2.09. The van der Waals surface area contributed by atoms with Gasteiger partial charge in [0.1, 0.15) is 11.5 Å². The Hall–Kier alpha value is -1.06. The lowest BCUT2D eigenvalue weighted by atomic mass is 10.2. The van der Waals surface area contributed by atoms with Gasteiger partial charge >= 0.3 is 0 Å². The van der Waals surface area contributed by atoms with Gasteiger partial charge < -0.3 is 9.73 Å². The van der Waals surface area contributed by atoms with Crippen LogP contribution in [0, 0.1) is 6.92 Å². The zero-order valence-corrected chi connectivity index (χ0v) is 11.5. The lowest BCUT2D eigenvalue weighted by molar-refractivity contribution is 0.279. The van der Waals surface area contributed by atoms with E-state index in [1.54, 1.807) is 0 Å². The maximum atomic E-state index is 5.83. The van der Waals surface area contributed by atoms with Gasteiger partial charge in [-0.05, 0) is 32.4 Å². The fourth-order valence-electron chi connectivity index (χ4n) is 2.09. The molecule has 1 aliphatic rings. The zero-order valence-electron chi connectivity index (χ0n) is 11.5. The Morgan fingerprint density at radius 1 is 1.56 bits per heavy atom. The molecule has 1 aromatic rings. The predicted molar refractivity (Wildman–Crippen MR) is 74.5 cm³/mol. The Balaban J connectivity index is 1.91. The van der Waals surface area contributed by atoms with E-state index in [1.165, 1.54) is 18.4 Å². The quantitative estimate of drug-likeness (QED) is 0.717. The van der Waals surface area contributed by atoms with Crippen molar-refractivity contribution in [1.82, 2.24) is 10.2 Å². The molecular formula is C15H24N2O. The number of rotatable bonds is 8. The van der Waals surface area contributed by atoms with Crippen molar-refractivity contribution in [3.8, 4) is 0 Å². The number of aryl methyl sites for hydroxylation is 1. The number of nitrogens with one attached hydrogen (secondary N) is 1. The van der Waals surface area contributed by atoms with E-state index in [1.807, 2.05) is 6.08 Å². The lowest BCUT2D eigenvalue weighted by Crippen LogP contribution is -2.22. The third-order valence-electron chi connectivity index (χ3n) is 3.44. The summed E-state index contributed by atoms with van der Waals surface area (Å²) in [6.45, 7) is 11.7. The van der Waals surface area contributed by atoms with Gasteiger partial charge in [0.05, 0.1) is 6.54 Å². The Morgan fingerprint density at radius 3 is 2.94 bits per heavy atom. The molecule has 3 nitrogen and oxygen atoms in total. The minimum Gasteiger partial charge on any atom is -0.465 e. The molecule has 2 rings (SSSR count). The molecule has 0 aromatic carbocycles. The number of hydrogen-bond acceptors (Lipinski definition) is 3. The van der Waals surface area contributed by atoms with Crippen LogP contribution in [0.15, 0.2) is 23.1 Å². The van der Waals surface area contributed by atoms with Crippen molar-refractivity contribution in [1.29, 1.82) is 0 Å². The molecule has 3 heteroatoms. The summed E-state index contributed by atoms with van der Waals surface area (Å²) in [7, 11) is 0. The van der Waals surface area contributed by atoms with E-state index in [2.05, 4.69) is 36.7 Å². The van der Waals surface area contributed by atoms with Crippen molar-refractivity contribution >= 4 is 0 Å². The van der Waals surface area contributed by atoms with Crippen LogP contribution in [0.3, 0.4) is 0 Å². The minimum atomic E-state index is 0.746. The van der Waals surface area contributed by atoms with Crippen LogP contribution >= 0.6 is 0 Å². The standard InChI is InChI=1S/C15H24N2O/c1-4-8-17(5-2)11-15-9-13(12(3)18-15)10-16-14-6-7-14/h4,9,14,16H,1,5-8,10-11H2,2-3H3. The average molecular weight is 248 g/mol. The Labute approximate surface area is 110 Å². The first-order valence-electron chi connectivity index (χ1n) is 6.87. The van der Waals surface area contributed by atoms with Gasteiger partial charge in [-0.15, -0.1) is 6.58 Å². The molecule has 0 saturated heterocycles. The Morgan fingerprint density at radius 2 is 2.33 bits per heavy atom. The molecular weight excluding hydrogens is 224 g/mol. The maximum Gasteiger partial charge on any atom is 0.118 e. The molecule has 0 atom stereocenters. The van der Waals surface area contributed by atoms with Crippen LogP contribution in [0.25, 0.3) is 0 Å². The molecule has 1 heterocycles. The first kappa shape index (κ1) is 13.4. The average Bonchev–Trinajstić information content (AvgIpc) is 3.11. The number of furan rings is 1. The molecule has 0 aliphatic heterocycles. The third-order valence-corrected chi connectivity index (χ3v) is 3.44. The minimum absolute atomic E-state index is 0.746. The first-order valence-corrected chi connectivity index (χ1v) is 6.87. The first-order chi connectivity index (χ1) is 8.72. The second-order valence-corrected chi connectivity index (χ2v) is 5.07. The Bertz CT molecular complexity index is 393. The molecule has 18 heavy (non-hydrogen) atoms. The van der Waals surface area contributed by atoms with Gasteiger partial charge in [-0.3, -0.25) is 4.90 Å². The predicted octanol–water partition coefficient (Wildman–Crippen LogP) is 2.85. The van der Waals surface area contributed by atoms with E-state index in [0.717, 1.165) is 43.7 Å². The normalized spacial score (nSPS) is 15.3. The van der Waals surface area contributed by atoms with Gasteiger partial charge in [0.15, 0.2) is 0 Å². The van der Waals surface area contributed by atoms with E-state index in [-0.39, 0.29) is 0 Å². The van der Waals surface area contributed by atoms with Crippen LogP contribution in [0.1, 0.15) is 36.8 Å². The van der Waals surface area contributed by atoms with Crippen molar-refractivity contribution in [2.75, 3.05) is 13.1 Å². The van der Waals surface area contributed by atoms with Crippen molar-refractivity contribution < 1.29 is 4.42 Å². The van der Waals surface area contributed by atoms with Gasteiger partial charge in [-0.1, -0.05) is 13.0 Å². The second-order valence-electron chi connectivity index (χ2n) is 5.07. The SMILES string of the molecule is C=CCN(CC)Cc1cc(CNC2CC2)c(C)o1. The van der Waals surface area contributed by atoms with Crippen molar-refractivity contribution in [3.05, 3.63) is 35.8 Å². The Kier molecular flexibility index (Phi) is 4.61. The van der Waals surface area contributed by atoms with Gasteiger partial charge in [0, 0.05) is 24.7 Å². The van der Waals surface area contributed by atoms with E-state index in [9.17, 15) is 0 Å². The van der Waals surface area contributed by atoms with Crippen molar-refractivity contribution in [2.45, 2.75) is 45.8 Å². The molecule has 0 amide bonds. The number of likely N-dealkylation sites (N-methyl/N-ethyl adjacent to an activating group) is 1. The third kappa shape index (κ3) is 3.72. The monoisotopic (exact) mass is 248 g/mol. The van der Waals surface area contributed by atoms with Crippen LogP contribution in [-0.2, 0) is 13.1 Å². The molecule has 1 aromatic heterocycles. The molecule has 0 unspecified atom stereocenters. The van der Waals surface area contributed by atoms with Crippen molar-refractivity contribution in [2.24, 2.45) is 0 Å². The van der Waals surface area contributed by atoms with Crippen molar-refractivity contribution in [3.63, 3.8) is 0 Å². The highest BCUT2D eigenvalue weighted by Crippen LogP contribution is 2.21. The lowest BCUT2D eigenvalue weighted by Gasteiger charge is -2.16. The van der Waals surface area contributed by atoms with E-state index >= 15 is 0 Å². The molecule has 1 aliphatic carbocycles. The summed E-state index contributed by atoms with van der Waals surface area (Å²) in [6.07, 6.45) is 4.59. The molecule has 0 spiro atoms. The second kappa shape index (κ2) is 6.21. The van der Waals surface area contributed by atoms with E-state index in [0.29, 0.717) is 0 Å². The molecule has 1 N–H and O–H groups in total. The number of hydrogen-bond donors (Lipinski definition) is 1. The smallest absolute Gasteiger partial charge is 0.118 e. The topological polar surface area (TPSA) is 28.4 Å². The van der Waals surface area contributed by atoms with Crippen LogP contribution in [0.5, 0.6) is 0 Å². The molecule has 0 bridgehead atoms. The molecule has 0 radical (unpaired) electrons. The van der Waals surface area contributed by atoms with Crippen LogP contribution in [-0.4, -0.2) is 24.0 Å². The molecule has 100 valence electrons. The van der Waals surface area contributed by atoms with Crippen LogP contribution < -0.4 is 5.32 Å². The summed E-state index contributed by atoms with van der Waals surface area (Å²) < 4.78 is 5.83. The number of nitrogens with zero attached hydrogens (tertiary/aromatic N) is 1. The summed E-state index contributed by atoms with van der Waals surface area (Å²) in [5.41, 5.74) is 1.30. The maximum absolute atomic E-state index is 5.83. The molecule has 1 fully saturated rings. The van der Waals surface area contributed by atoms with Crippen LogP contribution in [0.4, 0.5) is 0 Å². The molecule has 1 saturated carbocycles. The summed E-state index contributed by atoms with van der Waals surface area (Å²) in [5.74, 6) is 2.11. The highest BCUT2D eigenvalue weighted by molar-refractivity contribution is 5.21. The van der Waals surface area contributed by atoms with Gasteiger partial charge in [0.25, 0.3) is 0 Å². The highest BCUT2D eigenvalue weighted by Gasteiger charge is 2.21. The summed E-state index contributed by atoms with van der Waals surface area (Å²) in [6, 6.07) is 2.94. The van der Waals surface area contributed by atoms with Crippen LogP contribution in [0.2, 0.25) is 0 Å². The van der Waals surface area contributed by atoms with Gasteiger partial charge in [-0.25, -0.2) is 0 Å². The summed E-state index contributed by atoms with van der Waals surface area (Å²) >= 11 is 0. The largest absolute Gasteiger partial charge is 0.465 e. The fraction of sp³-hybridized carbons (Fsp3) is 0.600.